The summed E-state index contributed by atoms with van der Waals surface area (Å²) in [7, 11) is 0. The average Bonchev–Trinajstić information content (AvgIpc) is 2.96. The van der Waals surface area contributed by atoms with Crippen LogP contribution in [0.2, 0.25) is 0 Å². The lowest BCUT2D eigenvalue weighted by atomic mass is 10.1. The second kappa shape index (κ2) is 7.63. The summed E-state index contributed by atoms with van der Waals surface area (Å²) in [5, 5.41) is 13.5. The molecule has 1 heterocycles. The van der Waals surface area contributed by atoms with Crippen molar-refractivity contribution in [3.63, 3.8) is 0 Å². The number of carbonyl (C=O) groups excluding carboxylic acids is 1. The van der Waals surface area contributed by atoms with Crippen LogP contribution in [0.5, 0.6) is 0 Å². The molecule has 0 saturated heterocycles. The third-order valence-corrected chi connectivity index (χ3v) is 3.84. The highest BCUT2D eigenvalue weighted by molar-refractivity contribution is 7.12. The number of aliphatic hydroxyl groups is 1. The number of aliphatic hydroxyl groups excluding tert-OH is 1. The molecule has 21 heavy (non-hydrogen) atoms. The maximum atomic E-state index is 12.3. The summed E-state index contributed by atoms with van der Waals surface area (Å²) in [5.41, 5.74) is 2.68. The van der Waals surface area contributed by atoms with E-state index in [4.69, 9.17) is 5.11 Å². The van der Waals surface area contributed by atoms with Crippen molar-refractivity contribution in [3.05, 3.63) is 51.7 Å². The van der Waals surface area contributed by atoms with Gasteiger partial charge in [-0.25, -0.2) is 0 Å². The van der Waals surface area contributed by atoms with E-state index < -0.39 is 0 Å². The Balaban J connectivity index is 2.14. The van der Waals surface area contributed by atoms with E-state index in [2.05, 4.69) is 24.1 Å². The molecule has 0 radical (unpaired) electrons. The van der Waals surface area contributed by atoms with E-state index in [1.165, 1.54) is 16.9 Å². The summed E-state index contributed by atoms with van der Waals surface area (Å²) < 4.78 is 0. The van der Waals surface area contributed by atoms with E-state index in [9.17, 15) is 4.79 Å². The van der Waals surface area contributed by atoms with Gasteiger partial charge in [0.05, 0.1) is 6.61 Å². The van der Waals surface area contributed by atoms with Gasteiger partial charge in [-0.05, 0) is 35.6 Å². The molecular formula is C17H17NO2S. The Morgan fingerprint density at radius 3 is 3.00 bits per heavy atom. The molecule has 0 saturated carbocycles. The van der Waals surface area contributed by atoms with E-state index in [1.807, 2.05) is 35.7 Å². The molecule has 0 aliphatic heterocycles. The number of carbonyl (C=O) groups is 1. The van der Waals surface area contributed by atoms with Crippen molar-refractivity contribution in [3.8, 4) is 11.8 Å². The van der Waals surface area contributed by atoms with Gasteiger partial charge in [-0.3, -0.25) is 4.79 Å². The smallest absolute Gasteiger partial charge is 0.267 e. The maximum absolute atomic E-state index is 12.3. The van der Waals surface area contributed by atoms with Gasteiger partial charge in [-0.15, -0.1) is 11.3 Å². The van der Waals surface area contributed by atoms with Gasteiger partial charge in [0, 0.05) is 17.7 Å². The largest absolute Gasteiger partial charge is 0.395 e. The van der Waals surface area contributed by atoms with E-state index in [0.29, 0.717) is 16.9 Å². The van der Waals surface area contributed by atoms with Crippen LogP contribution >= 0.6 is 11.3 Å². The molecule has 0 unspecified atom stereocenters. The van der Waals surface area contributed by atoms with Crippen LogP contribution in [0.25, 0.3) is 0 Å². The highest BCUT2D eigenvalue weighted by Gasteiger charge is 2.12. The van der Waals surface area contributed by atoms with Crippen LogP contribution < -0.4 is 5.32 Å². The number of rotatable bonds is 4. The molecule has 0 aliphatic carbocycles. The zero-order valence-electron chi connectivity index (χ0n) is 11.8. The maximum Gasteiger partial charge on any atom is 0.267 e. The molecule has 2 aromatic rings. The summed E-state index contributed by atoms with van der Waals surface area (Å²) in [6.07, 6.45) is 1.34. The van der Waals surface area contributed by atoms with E-state index in [-0.39, 0.29) is 12.5 Å². The van der Waals surface area contributed by atoms with Crippen molar-refractivity contribution >= 4 is 22.9 Å². The first-order valence-corrected chi connectivity index (χ1v) is 7.70. The molecule has 2 rings (SSSR count). The predicted molar refractivity (Wildman–Crippen MR) is 86.7 cm³/mol. The number of benzene rings is 1. The zero-order valence-corrected chi connectivity index (χ0v) is 12.7. The molecule has 0 aliphatic rings. The summed E-state index contributed by atoms with van der Waals surface area (Å²) in [6, 6.07) is 9.65. The quantitative estimate of drug-likeness (QED) is 0.851. The van der Waals surface area contributed by atoms with Gasteiger partial charge in [0.25, 0.3) is 5.91 Å². The lowest BCUT2D eigenvalue weighted by molar-refractivity contribution is 0.103. The van der Waals surface area contributed by atoms with Crippen LogP contribution in [-0.2, 0) is 6.42 Å². The van der Waals surface area contributed by atoms with E-state index >= 15 is 0 Å². The van der Waals surface area contributed by atoms with E-state index in [1.54, 1.807) is 0 Å². The molecule has 1 aromatic carbocycles. The molecule has 0 atom stereocenters. The number of hydrogen-bond donors (Lipinski definition) is 2. The first-order chi connectivity index (χ1) is 10.2. The second-order valence-corrected chi connectivity index (χ2v) is 5.36. The van der Waals surface area contributed by atoms with Crippen molar-refractivity contribution in [1.82, 2.24) is 0 Å². The van der Waals surface area contributed by atoms with Gasteiger partial charge in [-0.2, -0.15) is 0 Å². The fourth-order valence-electron chi connectivity index (χ4n) is 1.85. The molecular weight excluding hydrogens is 282 g/mol. The van der Waals surface area contributed by atoms with Crippen LogP contribution in [0.1, 0.15) is 34.1 Å². The topological polar surface area (TPSA) is 49.3 Å². The number of anilines is 1. The highest BCUT2D eigenvalue weighted by atomic mass is 32.1. The average molecular weight is 299 g/mol. The van der Waals surface area contributed by atoms with Gasteiger partial charge in [0.15, 0.2) is 0 Å². The molecule has 1 amide bonds. The van der Waals surface area contributed by atoms with Crippen LogP contribution in [0.3, 0.4) is 0 Å². The first kappa shape index (κ1) is 15.3. The highest BCUT2D eigenvalue weighted by Crippen LogP contribution is 2.19. The Labute approximate surface area is 128 Å². The molecule has 108 valence electrons. The SMILES string of the molecule is CCc1cccc(NC(=O)c2sccc2C#CCCO)c1. The van der Waals surface area contributed by atoms with Crippen molar-refractivity contribution in [2.24, 2.45) is 0 Å². The zero-order chi connectivity index (χ0) is 15.1. The van der Waals surface area contributed by atoms with Crippen LogP contribution in [0.15, 0.2) is 35.7 Å². The molecule has 0 fully saturated rings. The normalized spacial score (nSPS) is 9.81. The molecule has 1 aromatic heterocycles. The van der Waals surface area contributed by atoms with Crippen molar-refractivity contribution < 1.29 is 9.90 Å². The third-order valence-electron chi connectivity index (χ3n) is 2.92. The van der Waals surface area contributed by atoms with Crippen molar-refractivity contribution in [2.75, 3.05) is 11.9 Å². The molecule has 0 spiro atoms. The van der Waals surface area contributed by atoms with Gasteiger partial charge in [-0.1, -0.05) is 30.9 Å². The van der Waals surface area contributed by atoms with Crippen LogP contribution in [0.4, 0.5) is 5.69 Å². The third kappa shape index (κ3) is 4.19. The van der Waals surface area contributed by atoms with Crippen LogP contribution in [0, 0.1) is 11.8 Å². The van der Waals surface area contributed by atoms with Gasteiger partial charge in [0.2, 0.25) is 0 Å². The lowest BCUT2D eigenvalue weighted by Crippen LogP contribution is -2.11. The molecule has 0 bridgehead atoms. The lowest BCUT2D eigenvalue weighted by Gasteiger charge is -2.06. The second-order valence-electron chi connectivity index (χ2n) is 4.45. The number of amides is 1. The van der Waals surface area contributed by atoms with E-state index in [0.717, 1.165) is 12.1 Å². The van der Waals surface area contributed by atoms with Crippen molar-refractivity contribution in [1.29, 1.82) is 0 Å². The minimum Gasteiger partial charge on any atom is -0.395 e. The molecule has 2 N–H and O–H groups in total. The first-order valence-electron chi connectivity index (χ1n) is 6.82. The number of nitrogens with one attached hydrogen (secondary N) is 1. The number of aryl methyl sites for hydroxylation is 1. The fourth-order valence-corrected chi connectivity index (χ4v) is 2.60. The van der Waals surface area contributed by atoms with Gasteiger partial charge in [0.1, 0.15) is 4.88 Å². The predicted octanol–water partition coefficient (Wildman–Crippen LogP) is 3.30. The summed E-state index contributed by atoms with van der Waals surface area (Å²) >= 11 is 1.37. The van der Waals surface area contributed by atoms with Crippen molar-refractivity contribution in [2.45, 2.75) is 19.8 Å². The fraction of sp³-hybridized carbons (Fsp3) is 0.235. The number of hydrogen-bond acceptors (Lipinski definition) is 3. The number of thiophene rings is 1. The van der Waals surface area contributed by atoms with Gasteiger partial charge >= 0.3 is 0 Å². The Morgan fingerprint density at radius 1 is 1.38 bits per heavy atom. The van der Waals surface area contributed by atoms with Gasteiger partial charge < -0.3 is 10.4 Å². The summed E-state index contributed by atoms with van der Waals surface area (Å²) in [5.74, 6) is 5.62. The molecule has 3 nitrogen and oxygen atoms in total. The molecule has 4 heteroatoms. The minimum atomic E-state index is -0.147. The Hall–Kier alpha value is -2.09. The van der Waals surface area contributed by atoms with Crippen LogP contribution in [-0.4, -0.2) is 17.6 Å². The Kier molecular flexibility index (Phi) is 5.56. The monoisotopic (exact) mass is 299 g/mol. The Bertz CT molecular complexity index is 679. The minimum absolute atomic E-state index is 0.0302. The summed E-state index contributed by atoms with van der Waals surface area (Å²) in [6.45, 7) is 2.11. The summed E-state index contributed by atoms with van der Waals surface area (Å²) in [4.78, 5) is 12.9. The Morgan fingerprint density at radius 2 is 2.24 bits per heavy atom. The standard InChI is InChI=1S/C17H17NO2S/c1-2-13-6-5-8-15(12-13)18-17(20)16-14(9-11-21-16)7-3-4-10-19/h5-6,8-9,11-12,19H,2,4,10H2,1H3,(H,18,20).